The summed E-state index contributed by atoms with van der Waals surface area (Å²) in [6, 6.07) is 30.1. The topological polar surface area (TPSA) is 130 Å². The fourth-order valence-electron chi connectivity index (χ4n) is 4.75. The Labute approximate surface area is 263 Å². The molecule has 0 saturated heterocycles. The SMILES string of the molecule is CC(C)CNC(=O)[C@H](Cc1ccccc1)N(Cc1ccccc1)C(=O)CN(c1ccc([N+](=O)[O-])cc1)S(=O)(=O)c1ccccc1. The summed E-state index contributed by atoms with van der Waals surface area (Å²) in [7, 11) is -4.30. The van der Waals surface area contributed by atoms with Crippen LogP contribution < -0.4 is 9.62 Å². The first kappa shape index (κ1) is 32.9. The van der Waals surface area contributed by atoms with Gasteiger partial charge < -0.3 is 10.2 Å². The van der Waals surface area contributed by atoms with Gasteiger partial charge in [0.05, 0.1) is 15.5 Å². The molecule has 4 aromatic rings. The predicted octanol–water partition coefficient (Wildman–Crippen LogP) is 5.20. The molecule has 234 valence electrons. The maximum Gasteiger partial charge on any atom is 0.269 e. The van der Waals surface area contributed by atoms with Crippen molar-refractivity contribution in [2.45, 2.75) is 37.8 Å². The van der Waals surface area contributed by atoms with Gasteiger partial charge in [0.1, 0.15) is 12.6 Å². The standard InChI is InChI=1S/C34H36N4O6S/c1-26(2)23-35-34(40)32(22-27-12-6-3-7-13-27)36(24-28-14-8-4-9-15-28)33(39)25-37(29-18-20-30(21-19-29)38(41)42)45(43,44)31-16-10-5-11-17-31/h3-21,26,32H,22-25H2,1-2H3,(H,35,40)/t32-/m0/s1. The van der Waals surface area contributed by atoms with Crippen molar-refractivity contribution >= 4 is 33.2 Å². The molecule has 0 saturated carbocycles. The summed E-state index contributed by atoms with van der Waals surface area (Å²) in [4.78, 5) is 40.2. The summed E-state index contributed by atoms with van der Waals surface area (Å²) in [6.07, 6.45) is 0.201. The van der Waals surface area contributed by atoms with Crippen LogP contribution in [-0.2, 0) is 32.6 Å². The summed E-state index contributed by atoms with van der Waals surface area (Å²) in [6.45, 7) is 3.73. The minimum atomic E-state index is -4.30. The molecule has 4 aromatic carbocycles. The Balaban J connectivity index is 1.79. The second-order valence-corrected chi connectivity index (χ2v) is 12.8. The van der Waals surface area contributed by atoms with Crippen LogP contribution in [0.25, 0.3) is 0 Å². The fraction of sp³-hybridized carbons (Fsp3) is 0.235. The molecule has 0 aliphatic rings. The van der Waals surface area contributed by atoms with E-state index in [4.69, 9.17) is 0 Å². The Morgan fingerprint density at radius 2 is 1.33 bits per heavy atom. The smallest absolute Gasteiger partial charge is 0.269 e. The van der Waals surface area contributed by atoms with Crippen molar-refractivity contribution in [3.05, 3.63) is 137 Å². The van der Waals surface area contributed by atoms with Gasteiger partial charge in [-0.15, -0.1) is 0 Å². The lowest BCUT2D eigenvalue weighted by atomic mass is 10.0. The van der Waals surface area contributed by atoms with Crippen LogP contribution in [0.15, 0.2) is 120 Å². The van der Waals surface area contributed by atoms with Crippen LogP contribution >= 0.6 is 0 Å². The van der Waals surface area contributed by atoms with Crippen LogP contribution in [-0.4, -0.2) is 49.2 Å². The van der Waals surface area contributed by atoms with Gasteiger partial charge in [0.25, 0.3) is 15.7 Å². The van der Waals surface area contributed by atoms with E-state index in [1.165, 1.54) is 41.3 Å². The highest BCUT2D eigenvalue weighted by Gasteiger charge is 2.34. The van der Waals surface area contributed by atoms with Gasteiger partial charge in [-0.2, -0.15) is 0 Å². The molecule has 2 amide bonds. The van der Waals surface area contributed by atoms with E-state index in [0.29, 0.717) is 6.54 Å². The largest absolute Gasteiger partial charge is 0.354 e. The number of anilines is 1. The minimum absolute atomic E-state index is 0.0474. The molecular weight excluding hydrogens is 592 g/mol. The Kier molecular flexibility index (Phi) is 11.0. The monoisotopic (exact) mass is 628 g/mol. The summed E-state index contributed by atoms with van der Waals surface area (Å²) >= 11 is 0. The zero-order valence-electron chi connectivity index (χ0n) is 25.2. The third kappa shape index (κ3) is 8.76. The highest BCUT2D eigenvalue weighted by molar-refractivity contribution is 7.92. The molecular formula is C34H36N4O6S. The fourth-order valence-corrected chi connectivity index (χ4v) is 6.18. The Morgan fingerprint density at radius 3 is 1.87 bits per heavy atom. The summed E-state index contributed by atoms with van der Waals surface area (Å²) in [5, 5.41) is 14.3. The van der Waals surface area contributed by atoms with Crippen molar-refractivity contribution in [2.75, 3.05) is 17.4 Å². The van der Waals surface area contributed by atoms with Gasteiger partial charge in [-0.25, -0.2) is 8.42 Å². The molecule has 1 N–H and O–H groups in total. The highest BCUT2D eigenvalue weighted by atomic mass is 32.2. The van der Waals surface area contributed by atoms with Gasteiger partial charge in [-0.1, -0.05) is 92.7 Å². The molecule has 0 bridgehead atoms. The minimum Gasteiger partial charge on any atom is -0.354 e. The molecule has 0 spiro atoms. The summed E-state index contributed by atoms with van der Waals surface area (Å²) < 4.78 is 28.9. The molecule has 0 unspecified atom stereocenters. The number of amides is 2. The van der Waals surface area contributed by atoms with E-state index in [0.717, 1.165) is 15.4 Å². The molecule has 0 aromatic heterocycles. The summed E-state index contributed by atoms with van der Waals surface area (Å²) in [5.41, 5.74) is 1.43. The zero-order valence-corrected chi connectivity index (χ0v) is 26.0. The lowest BCUT2D eigenvalue weighted by molar-refractivity contribution is -0.384. The number of hydrogen-bond acceptors (Lipinski definition) is 6. The molecule has 0 radical (unpaired) electrons. The number of nitro groups is 1. The predicted molar refractivity (Wildman–Crippen MR) is 173 cm³/mol. The van der Waals surface area contributed by atoms with E-state index in [9.17, 15) is 28.1 Å². The Bertz CT molecular complexity index is 1680. The van der Waals surface area contributed by atoms with Crippen LogP contribution in [0.4, 0.5) is 11.4 Å². The van der Waals surface area contributed by atoms with Crippen LogP contribution in [0.5, 0.6) is 0 Å². The third-order valence-corrected chi connectivity index (χ3v) is 8.90. The number of nitrogens with zero attached hydrogens (tertiary/aromatic N) is 3. The number of non-ortho nitro benzene ring substituents is 1. The van der Waals surface area contributed by atoms with Gasteiger partial charge in [0, 0.05) is 31.6 Å². The average Bonchev–Trinajstić information content (AvgIpc) is 3.05. The summed E-state index contributed by atoms with van der Waals surface area (Å²) in [5.74, 6) is -0.805. The maximum atomic E-state index is 14.4. The normalized spacial score (nSPS) is 11.9. The van der Waals surface area contributed by atoms with Gasteiger partial charge in [-0.3, -0.25) is 24.0 Å². The number of benzene rings is 4. The Hall–Kier alpha value is -5.03. The number of rotatable bonds is 14. The van der Waals surface area contributed by atoms with E-state index in [1.807, 2.05) is 74.5 Å². The second-order valence-electron chi connectivity index (χ2n) is 10.9. The second kappa shape index (κ2) is 15.1. The van der Waals surface area contributed by atoms with Crippen molar-refractivity contribution < 1.29 is 22.9 Å². The highest BCUT2D eigenvalue weighted by Crippen LogP contribution is 2.27. The number of carbonyl (C=O) groups is 2. The number of carbonyl (C=O) groups excluding carboxylic acids is 2. The van der Waals surface area contributed by atoms with E-state index < -0.39 is 33.4 Å². The lowest BCUT2D eigenvalue weighted by Gasteiger charge is -2.34. The van der Waals surface area contributed by atoms with Crippen LogP contribution in [0, 0.1) is 16.0 Å². The van der Waals surface area contributed by atoms with Crippen molar-refractivity contribution in [3.63, 3.8) is 0 Å². The quantitative estimate of drug-likeness (QED) is 0.151. The average molecular weight is 629 g/mol. The number of hydrogen-bond donors (Lipinski definition) is 1. The third-order valence-electron chi connectivity index (χ3n) is 7.11. The van der Waals surface area contributed by atoms with Crippen molar-refractivity contribution in [1.82, 2.24) is 10.2 Å². The van der Waals surface area contributed by atoms with Crippen molar-refractivity contribution in [3.8, 4) is 0 Å². The molecule has 11 heteroatoms. The van der Waals surface area contributed by atoms with Gasteiger partial charge in [0.2, 0.25) is 11.8 Å². The van der Waals surface area contributed by atoms with E-state index in [1.54, 1.807) is 18.2 Å². The van der Waals surface area contributed by atoms with E-state index in [-0.39, 0.29) is 41.1 Å². The van der Waals surface area contributed by atoms with Crippen molar-refractivity contribution in [1.29, 1.82) is 0 Å². The van der Waals surface area contributed by atoms with Crippen LogP contribution in [0.3, 0.4) is 0 Å². The van der Waals surface area contributed by atoms with Gasteiger partial charge in [-0.05, 0) is 41.3 Å². The lowest BCUT2D eigenvalue weighted by Crippen LogP contribution is -2.53. The van der Waals surface area contributed by atoms with Crippen LogP contribution in [0.2, 0.25) is 0 Å². The molecule has 0 heterocycles. The zero-order chi connectivity index (χ0) is 32.4. The molecule has 10 nitrogen and oxygen atoms in total. The molecule has 0 aliphatic carbocycles. The number of nitro benzene ring substituents is 1. The molecule has 45 heavy (non-hydrogen) atoms. The molecule has 4 rings (SSSR count). The molecule has 0 aliphatic heterocycles. The number of nitrogens with one attached hydrogen (secondary N) is 1. The van der Waals surface area contributed by atoms with E-state index in [2.05, 4.69) is 5.32 Å². The first-order valence-corrected chi connectivity index (χ1v) is 16.0. The first-order chi connectivity index (χ1) is 21.6. The first-order valence-electron chi connectivity index (χ1n) is 14.5. The van der Waals surface area contributed by atoms with E-state index >= 15 is 0 Å². The molecule has 0 fully saturated rings. The Morgan fingerprint density at radius 1 is 0.800 bits per heavy atom. The van der Waals surface area contributed by atoms with Gasteiger partial charge >= 0.3 is 0 Å². The number of sulfonamides is 1. The maximum absolute atomic E-state index is 14.4. The molecule has 1 atom stereocenters. The van der Waals surface area contributed by atoms with Gasteiger partial charge in [0.15, 0.2) is 0 Å². The van der Waals surface area contributed by atoms with Crippen LogP contribution in [0.1, 0.15) is 25.0 Å². The van der Waals surface area contributed by atoms with Crippen molar-refractivity contribution in [2.24, 2.45) is 5.92 Å².